The van der Waals surface area contributed by atoms with E-state index in [1.165, 1.54) is 6.26 Å². The van der Waals surface area contributed by atoms with Crippen molar-refractivity contribution in [2.75, 3.05) is 6.26 Å². The van der Waals surface area contributed by atoms with E-state index in [9.17, 15) is 8.42 Å². The van der Waals surface area contributed by atoms with Gasteiger partial charge in [0.15, 0.2) is 9.84 Å². The van der Waals surface area contributed by atoms with Crippen LogP contribution < -0.4 is 0 Å². The summed E-state index contributed by atoms with van der Waals surface area (Å²) >= 11 is 2.02. The molecule has 0 amide bonds. The Labute approximate surface area is 108 Å². The molecule has 16 heavy (non-hydrogen) atoms. The average molecular weight is 347 g/mol. The Morgan fingerprint density at radius 3 is 2.38 bits per heavy atom. The van der Waals surface area contributed by atoms with Crippen molar-refractivity contribution in [3.63, 3.8) is 0 Å². The zero-order valence-corrected chi connectivity index (χ0v) is 11.5. The lowest BCUT2D eigenvalue weighted by Crippen LogP contribution is -1.99. The Kier molecular flexibility index (Phi) is 3.07. The summed E-state index contributed by atoms with van der Waals surface area (Å²) in [5.74, 6) is 0. The first-order valence-corrected chi connectivity index (χ1v) is 7.59. The molecule has 5 heteroatoms. The normalized spacial score (nSPS) is 11.6. The second-order valence-corrected chi connectivity index (χ2v) is 6.59. The van der Waals surface area contributed by atoms with E-state index < -0.39 is 9.84 Å². The summed E-state index contributed by atoms with van der Waals surface area (Å²) in [6.45, 7) is 0. The maximum atomic E-state index is 11.7. The number of nitrogens with one attached hydrogen (secondary N) is 1. The van der Waals surface area contributed by atoms with Gasteiger partial charge in [-0.3, -0.25) is 0 Å². The Hall–Kier alpha value is -0.820. The quantitative estimate of drug-likeness (QED) is 0.850. The van der Waals surface area contributed by atoms with Crippen LogP contribution >= 0.6 is 22.6 Å². The molecule has 2 rings (SSSR count). The summed E-state index contributed by atoms with van der Waals surface area (Å²) < 4.78 is 24.1. The van der Waals surface area contributed by atoms with E-state index in [1.807, 2.05) is 52.9 Å². The number of hydrogen-bond acceptors (Lipinski definition) is 2. The van der Waals surface area contributed by atoms with E-state index in [2.05, 4.69) is 4.98 Å². The molecule has 0 fully saturated rings. The van der Waals surface area contributed by atoms with Crippen LogP contribution in [0.5, 0.6) is 0 Å². The fourth-order valence-corrected chi connectivity index (χ4v) is 4.15. The molecule has 0 spiro atoms. The van der Waals surface area contributed by atoms with Crippen molar-refractivity contribution in [3.05, 3.63) is 40.1 Å². The average Bonchev–Trinajstić information content (AvgIpc) is 2.61. The molecule has 1 aromatic carbocycles. The van der Waals surface area contributed by atoms with Crippen molar-refractivity contribution in [1.29, 1.82) is 0 Å². The van der Waals surface area contributed by atoms with Gasteiger partial charge in [-0.15, -0.1) is 0 Å². The molecule has 0 saturated heterocycles. The second kappa shape index (κ2) is 4.21. The van der Waals surface area contributed by atoms with Gasteiger partial charge in [0, 0.05) is 16.0 Å². The third kappa shape index (κ3) is 2.15. The van der Waals surface area contributed by atoms with Crippen molar-refractivity contribution in [1.82, 2.24) is 4.98 Å². The highest BCUT2D eigenvalue weighted by Crippen LogP contribution is 2.30. The molecule has 0 aliphatic rings. The van der Waals surface area contributed by atoms with Gasteiger partial charge in [0.1, 0.15) is 4.90 Å². The molecule has 0 atom stereocenters. The third-order valence-corrected chi connectivity index (χ3v) is 4.60. The first kappa shape index (κ1) is 11.7. The molecule has 3 nitrogen and oxygen atoms in total. The van der Waals surface area contributed by atoms with Crippen LogP contribution in [0.1, 0.15) is 0 Å². The number of halogens is 1. The molecular formula is C11H10INO2S. The van der Waals surface area contributed by atoms with Gasteiger partial charge in [0.2, 0.25) is 0 Å². The van der Waals surface area contributed by atoms with Crippen LogP contribution in [-0.4, -0.2) is 19.7 Å². The molecule has 0 aliphatic carbocycles. The van der Waals surface area contributed by atoms with E-state index in [0.29, 0.717) is 10.6 Å². The Morgan fingerprint density at radius 2 is 1.81 bits per heavy atom. The molecule has 0 aliphatic heterocycles. The number of benzene rings is 1. The monoisotopic (exact) mass is 347 g/mol. The van der Waals surface area contributed by atoms with Gasteiger partial charge in [-0.05, 0) is 28.2 Å². The summed E-state index contributed by atoms with van der Waals surface area (Å²) in [6, 6.07) is 9.44. The molecule has 0 bridgehead atoms. The number of aromatic amines is 1. The van der Waals surface area contributed by atoms with Gasteiger partial charge in [0.25, 0.3) is 0 Å². The summed E-state index contributed by atoms with van der Waals surface area (Å²) in [6.07, 6.45) is 2.93. The van der Waals surface area contributed by atoms with E-state index in [4.69, 9.17) is 0 Å². The number of H-pyrrole nitrogens is 1. The summed E-state index contributed by atoms with van der Waals surface area (Å²) in [7, 11) is -3.21. The maximum absolute atomic E-state index is 11.7. The van der Waals surface area contributed by atoms with Crippen LogP contribution in [0.4, 0.5) is 0 Å². The van der Waals surface area contributed by atoms with Gasteiger partial charge >= 0.3 is 0 Å². The summed E-state index contributed by atoms with van der Waals surface area (Å²) in [5, 5.41) is 0. The topological polar surface area (TPSA) is 49.9 Å². The van der Waals surface area contributed by atoms with Crippen LogP contribution in [-0.2, 0) is 9.84 Å². The van der Waals surface area contributed by atoms with E-state index in [1.54, 1.807) is 6.20 Å². The lowest BCUT2D eigenvalue weighted by Gasteiger charge is -2.02. The zero-order chi connectivity index (χ0) is 11.8. The minimum Gasteiger partial charge on any atom is -0.359 e. The van der Waals surface area contributed by atoms with Crippen molar-refractivity contribution in [3.8, 4) is 11.3 Å². The van der Waals surface area contributed by atoms with Crippen LogP contribution in [0.2, 0.25) is 0 Å². The number of rotatable bonds is 2. The van der Waals surface area contributed by atoms with Crippen LogP contribution in [0.3, 0.4) is 0 Å². The first-order chi connectivity index (χ1) is 7.50. The van der Waals surface area contributed by atoms with Crippen LogP contribution in [0, 0.1) is 3.57 Å². The van der Waals surface area contributed by atoms with Crippen LogP contribution in [0.25, 0.3) is 11.3 Å². The predicted octanol–water partition coefficient (Wildman–Crippen LogP) is 2.69. The van der Waals surface area contributed by atoms with E-state index in [-0.39, 0.29) is 0 Å². The highest BCUT2D eigenvalue weighted by atomic mass is 127. The molecule has 2 aromatic rings. The standard InChI is InChI=1S/C11H10INO2S/c1-16(14,15)11-9(12)7-13-10(11)8-5-3-2-4-6-8/h2-7,13H,1H3. The molecule has 0 radical (unpaired) electrons. The zero-order valence-electron chi connectivity index (χ0n) is 8.57. The van der Waals surface area contributed by atoms with Crippen molar-refractivity contribution in [2.24, 2.45) is 0 Å². The number of aromatic nitrogens is 1. The van der Waals surface area contributed by atoms with Crippen molar-refractivity contribution in [2.45, 2.75) is 4.90 Å². The molecule has 0 saturated carbocycles. The minimum absolute atomic E-state index is 0.374. The second-order valence-electron chi connectivity index (χ2n) is 3.48. The van der Waals surface area contributed by atoms with Gasteiger partial charge in [0.05, 0.1) is 5.69 Å². The fraction of sp³-hybridized carbons (Fsp3) is 0.0909. The number of sulfone groups is 1. The summed E-state index contributed by atoms with van der Waals surface area (Å²) in [5.41, 5.74) is 1.54. The highest BCUT2D eigenvalue weighted by molar-refractivity contribution is 14.1. The van der Waals surface area contributed by atoms with Crippen LogP contribution in [0.15, 0.2) is 41.4 Å². The predicted molar refractivity (Wildman–Crippen MR) is 72.1 cm³/mol. The van der Waals surface area contributed by atoms with Crippen molar-refractivity contribution < 1.29 is 8.42 Å². The molecule has 1 N–H and O–H groups in total. The molecular weight excluding hydrogens is 337 g/mol. The minimum atomic E-state index is -3.21. The molecule has 84 valence electrons. The highest BCUT2D eigenvalue weighted by Gasteiger charge is 2.19. The number of hydrogen-bond donors (Lipinski definition) is 1. The molecule has 1 aromatic heterocycles. The lowest BCUT2D eigenvalue weighted by molar-refractivity contribution is 0.602. The summed E-state index contributed by atoms with van der Waals surface area (Å²) in [4.78, 5) is 3.38. The SMILES string of the molecule is CS(=O)(=O)c1c(I)c[nH]c1-c1ccccc1. The Bertz CT molecular complexity index is 602. The Morgan fingerprint density at radius 1 is 1.19 bits per heavy atom. The van der Waals surface area contributed by atoms with E-state index >= 15 is 0 Å². The van der Waals surface area contributed by atoms with Crippen molar-refractivity contribution >= 4 is 32.4 Å². The van der Waals surface area contributed by atoms with E-state index in [0.717, 1.165) is 9.13 Å². The van der Waals surface area contributed by atoms with Gasteiger partial charge < -0.3 is 4.98 Å². The first-order valence-electron chi connectivity index (χ1n) is 4.62. The fourth-order valence-electron chi connectivity index (χ4n) is 1.57. The van der Waals surface area contributed by atoms with Gasteiger partial charge in [-0.1, -0.05) is 30.3 Å². The Balaban J connectivity index is 2.69. The molecule has 1 heterocycles. The third-order valence-electron chi connectivity index (χ3n) is 2.22. The maximum Gasteiger partial charge on any atom is 0.178 e. The smallest absolute Gasteiger partial charge is 0.178 e. The van der Waals surface area contributed by atoms with Gasteiger partial charge in [-0.25, -0.2) is 8.42 Å². The lowest BCUT2D eigenvalue weighted by atomic mass is 10.2. The largest absolute Gasteiger partial charge is 0.359 e. The van der Waals surface area contributed by atoms with Gasteiger partial charge in [-0.2, -0.15) is 0 Å². The molecule has 0 unspecified atom stereocenters.